The highest BCUT2D eigenvalue weighted by Crippen LogP contribution is 2.30. The summed E-state index contributed by atoms with van der Waals surface area (Å²) in [6, 6.07) is 15.1. The lowest BCUT2D eigenvalue weighted by atomic mass is 10.2. The lowest BCUT2D eigenvalue weighted by molar-refractivity contribution is -0.117. The molecule has 28 heavy (non-hydrogen) atoms. The first kappa shape index (κ1) is 18.6. The minimum Gasteiger partial charge on any atom is -0.326 e. The van der Waals surface area contributed by atoms with E-state index in [1.54, 1.807) is 23.9 Å². The molecular formula is C21H22N4O2S. The van der Waals surface area contributed by atoms with Crippen LogP contribution in [0.15, 0.2) is 48.5 Å². The summed E-state index contributed by atoms with van der Waals surface area (Å²) in [4.78, 5) is 29.1. The number of hydrogen-bond donors (Lipinski definition) is 2. The number of imidazole rings is 1. The molecule has 2 aromatic carbocycles. The summed E-state index contributed by atoms with van der Waals surface area (Å²) >= 11 is 1.68. The Kier molecular flexibility index (Phi) is 5.34. The van der Waals surface area contributed by atoms with Gasteiger partial charge in [-0.15, -0.1) is 0 Å². The Morgan fingerprint density at radius 2 is 1.75 bits per heavy atom. The number of para-hydroxylation sites is 2. The molecule has 0 aliphatic heterocycles. The topological polar surface area (TPSA) is 76.0 Å². The van der Waals surface area contributed by atoms with Gasteiger partial charge in [-0.3, -0.25) is 9.59 Å². The molecule has 0 saturated heterocycles. The van der Waals surface area contributed by atoms with E-state index in [-0.39, 0.29) is 24.3 Å². The van der Waals surface area contributed by atoms with Gasteiger partial charge in [0.2, 0.25) is 11.8 Å². The minimum absolute atomic E-state index is 0.0742. The fraction of sp³-hybridized carbons (Fsp3) is 0.286. The smallest absolute Gasteiger partial charge is 0.244 e. The van der Waals surface area contributed by atoms with Crippen LogP contribution in [-0.2, 0) is 21.9 Å². The van der Waals surface area contributed by atoms with E-state index in [0.29, 0.717) is 5.69 Å². The summed E-state index contributed by atoms with van der Waals surface area (Å²) in [5.74, 6) is 1.77. The van der Waals surface area contributed by atoms with Crippen molar-refractivity contribution < 1.29 is 9.59 Å². The Hall–Kier alpha value is -2.80. The zero-order valence-corrected chi connectivity index (χ0v) is 16.5. The van der Waals surface area contributed by atoms with Gasteiger partial charge in [0, 0.05) is 17.3 Å². The zero-order valence-electron chi connectivity index (χ0n) is 15.6. The van der Waals surface area contributed by atoms with E-state index in [4.69, 9.17) is 0 Å². The number of amides is 2. The molecule has 1 fully saturated rings. The van der Waals surface area contributed by atoms with Crippen LogP contribution < -0.4 is 10.6 Å². The van der Waals surface area contributed by atoms with Crippen molar-refractivity contribution in [2.75, 3.05) is 16.9 Å². The molecule has 1 aliphatic rings. The fourth-order valence-corrected chi connectivity index (χ4v) is 3.59. The minimum atomic E-state index is -0.111. The number of nitrogens with one attached hydrogen (secondary N) is 2. The molecule has 2 N–H and O–H groups in total. The third-order valence-corrected chi connectivity index (χ3v) is 5.24. The lowest BCUT2D eigenvalue weighted by Gasteiger charge is -2.10. The van der Waals surface area contributed by atoms with Crippen molar-refractivity contribution in [2.24, 2.45) is 5.92 Å². The fourth-order valence-electron chi connectivity index (χ4n) is 3.11. The average Bonchev–Trinajstić information content (AvgIpc) is 3.49. The van der Waals surface area contributed by atoms with Crippen LogP contribution in [-0.4, -0.2) is 27.6 Å². The van der Waals surface area contributed by atoms with Gasteiger partial charge in [0.1, 0.15) is 12.4 Å². The van der Waals surface area contributed by atoms with Gasteiger partial charge in [0.15, 0.2) is 0 Å². The second kappa shape index (κ2) is 8.06. The summed E-state index contributed by atoms with van der Waals surface area (Å²) in [5.41, 5.74) is 3.30. The van der Waals surface area contributed by atoms with Gasteiger partial charge in [-0.1, -0.05) is 12.1 Å². The molecule has 7 heteroatoms. The molecule has 0 unspecified atom stereocenters. The van der Waals surface area contributed by atoms with Gasteiger partial charge in [-0.25, -0.2) is 4.98 Å². The van der Waals surface area contributed by atoms with Gasteiger partial charge >= 0.3 is 0 Å². The number of carbonyl (C=O) groups is 2. The molecule has 144 valence electrons. The highest BCUT2D eigenvalue weighted by Gasteiger charge is 2.29. The van der Waals surface area contributed by atoms with Crippen LogP contribution in [0.4, 0.5) is 11.4 Å². The standard InChI is InChI=1S/C21H22N4O2S/c1-28-13-19-24-17-4-2-3-5-18(17)25(19)12-20(26)22-15-8-10-16(11-9-15)23-21(27)14-6-7-14/h2-5,8-11,14H,6-7,12-13H2,1H3,(H,22,26)(H,23,27). The van der Waals surface area contributed by atoms with E-state index < -0.39 is 0 Å². The van der Waals surface area contributed by atoms with Crippen molar-refractivity contribution >= 4 is 46.0 Å². The van der Waals surface area contributed by atoms with Gasteiger partial charge < -0.3 is 15.2 Å². The molecule has 4 rings (SSSR count). The molecular weight excluding hydrogens is 372 g/mol. The van der Waals surface area contributed by atoms with Crippen molar-refractivity contribution in [3.8, 4) is 0 Å². The number of nitrogens with zero attached hydrogens (tertiary/aromatic N) is 2. The highest BCUT2D eigenvalue weighted by atomic mass is 32.2. The summed E-state index contributed by atoms with van der Waals surface area (Å²) in [6.45, 7) is 0.205. The molecule has 0 atom stereocenters. The lowest BCUT2D eigenvalue weighted by Crippen LogP contribution is -2.20. The number of thioether (sulfide) groups is 1. The van der Waals surface area contributed by atoms with Crippen molar-refractivity contribution in [3.63, 3.8) is 0 Å². The quantitative estimate of drug-likeness (QED) is 0.637. The van der Waals surface area contributed by atoms with Crippen molar-refractivity contribution in [1.82, 2.24) is 9.55 Å². The maximum atomic E-state index is 12.6. The first-order chi connectivity index (χ1) is 13.6. The molecule has 1 saturated carbocycles. The van der Waals surface area contributed by atoms with Crippen LogP contribution in [0.25, 0.3) is 11.0 Å². The predicted octanol–water partition coefficient (Wildman–Crippen LogP) is 3.89. The second-order valence-corrected chi connectivity index (χ2v) is 7.79. The first-order valence-electron chi connectivity index (χ1n) is 9.28. The Bertz CT molecular complexity index is 1010. The summed E-state index contributed by atoms with van der Waals surface area (Å²) < 4.78 is 1.96. The second-order valence-electron chi connectivity index (χ2n) is 6.92. The summed E-state index contributed by atoms with van der Waals surface area (Å²) in [6.07, 6.45) is 3.97. The maximum Gasteiger partial charge on any atom is 0.244 e. The molecule has 0 spiro atoms. The average molecular weight is 395 g/mol. The monoisotopic (exact) mass is 394 g/mol. The van der Waals surface area contributed by atoms with E-state index in [9.17, 15) is 9.59 Å². The van der Waals surface area contributed by atoms with Gasteiger partial charge in [0.25, 0.3) is 0 Å². The molecule has 2 amide bonds. The summed E-state index contributed by atoms with van der Waals surface area (Å²) in [5, 5.41) is 5.82. The number of aromatic nitrogens is 2. The maximum absolute atomic E-state index is 12.6. The van der Waals surface area contributed by atoms with Gasteiger partial charge in [-0.2, -0.15) is 11.8 Å². The van der Waals surface area contributed by atoms with Crippen molar-refractivity contribution in [3.05, 3.63) is 54.4 Å². The Labute approximate surface area is 167 Å². The third kappa shape index (κ3) is 4.20. The molecule has 1 aromatic heterocycles. The van der Waals surface area contributed by atoms with Crippen LogP contribution in [0.2, 0.25) is 0 Å². The number of anilines is 2. The van der Waals surface area contributed by atoms with Crippen LogP contribution in [0.1, 0.15) is 18.7 Å². The first-order valence-corrected chi connectivity index (χ1v) is 10.7. The summed E-state index contributed by atoms with van der Waals surface area (Å²) in [7, 11) is 0. The molecule has 1 heterocycles. The Morgan fingerprint density at radius 3 is 2.43 bits per heavy atom. The van der Waals surface area contributed by atoms with Crippen LogP contribution >= 0.6 is 11.8 Å². The third-order valence-electron chi connectivity index (χ3n) is 4.69. The van der Waals surface area contributed by atoms with Crippen LogP contribution in [0.3, 0.4) is 0 Å². The van der Waals surface area contributed by atoms with E-state index >= 15 is 0 Å². The number of hydrogen-bond acceptors (Lipinski definition) is 4. The number of fused-ring (bicyclic) bond motifs is 1. The molecule has 6 nitrogen and oxygen atoms in total. The van der Waals surface area contributed by atoms with E-state index in [2.05, 4.69) is 15.6 Å². The van der Waals surface area contributed by atoms with Crippen molar-refractivity contribution in [1.29, 1.82) is 0 Å². The number of rotatable bonds is 7. The Balaban J connectivity index is 1.43. The van der Waals surface area contributed by atoms with Crippen LogP contribution in [0.5, 0.6) is 0 Å². The van der Waals surface area contributed by atoms with Crippen LogP contribution in [0, 0.1) is 5.92 Å². The normalized spacial score (nSPS) is 13.5. The van der Waals surface area contributed by atoms with Gasteiger partial charge in [-0.05, 0) is 55.5 Å². The Morgan fingerprint density at radius 1 is 1.07 bits per heavy atom. The van der Waals surface area contributed by atoms with E-state index in [1.165, 1.54) is 0 Å². The molecule has 0 bridgehead atoms. The highest BCUT2D eigenvalue weighted by molar-refractivity contribution is 7.97. The van der Waals surface area contributed by atoms with E-state index in [0.717, 1.165) is 41.1 Å². The molecule has 3 aromatic rings. The number of benzene rings is 2. The molecule has 1 aliphatic carbocycles. The largest absolute Gasteiger partial charge is 0.326 e. The predicted molar refractivity (Wildman–Crippen MR) is 113 cm³/mol. The van der Waals surface area contributed by atoms with Gasteiger partial charge in [0.05, 0.1) is 16.8 Å². The number of carbonyl (C=O) groups excluding carboxylic acids is 2. The van der Waals surface area contributed by atoms with E-state index in [1.807, 2.05) is 47.2 Å². The zero-order chi connectivity index (χ0) is 19.5. The molecule has 0 radical (unpaired) electrons. The van der Waals surface area contributed by atoms with Crippen molar-refractivity contribution in [2.45, 2.75) is 25.1 Å². The SMILES string of the molecule is CSCc1nc2ccccc2n1CC(=O)Nc1ccc(NC(=O)C2CC2)cc1.